The third-order valence-corrected chi connectivity index (χ3v) is 5.25. The summed E-state index contributed by atoms with van der Waals surface area (Å²) in [5, 5.41) is 0.824. The molecule has 5 heteroatoms. The minimum Gasteiger partial charge on any atom is -0.275 e. The fourth-order valence-electron chi connectivity index (χ4n) is 3.15. The number of thiazole rings is 1. The van der Waals surface area contributed by atoms with Crippen LogP contribution < -0.4 is 0 Å². The lowest BCUT2D eigenvalue weighted by Crippen LogP contribution is -2.30. The van der Waals surface area contributed by atoms with Crippen LogP contribution >= 0.6 is 11.3 Å². The van der Waals surface area contributed by atoms with Crippen LogP contribution in [0, 0.1) is 11.8 Å². The highest BCUT2D eigenvalue weighted by molar-refractivity contribution is 7.18. The Morgan fingerprint density at radius 2 is 1.76 bits per heavy atom. The number of allylic oxidation sites excluding steroid dienone is 2. The minimum absolute atomic E-state index is 0.0337. The van der Waals surface area contributed by atoms with Crippen molar-refractivity contribution in [3.8, 4) is 0 Å². The molecule has 2 aliphatic rings. The van der Waals surface area contributed by atoms with Gasteiger partial charge >= 0.3 is 0 Å². The SMILES string of the molecule is O=C1[C@H]2CC=CC[C@@H]2C(=O)N1Cc1nc2ccccc2s1. The number of nitrogens with zero attached hydrogens (tertiary/aromatic N) is 2. The Balaban J connectivity index is 1.62. The molecule has 21 heavy (non-hydrogen) atoms. The van der Waals surface area contributed by atoms with Crippen molar-refractivity contribution in [3.63, 3.8) is 0 Å². The van der Waals surface area contributed by atoms with Crippen molar-refractivity contribution in [1.29, 1.82) is 0 Å². The lowest BCUT2D eigenvalue weighted by atomic mass is 9.85. The van der Waals surface area contributed by atoms with Gasteiger partial charge < -0.3 is 0 Å². The van der Waals surface area contributed by atoms with Gasteiger partial charge in [0.2, 0.25) is 11.8 Å². The molecule has 0 N–H and O–H groups in total. The van der Waals surface area contributed by atoms with E-state index in [4.69, 9.17) is 0 Å². The zero-order valence-corrected chi connectivity index (χ0v) is 12.2. The molecule has 4 nitrogen and oxygen atoms in total. The Kier molecular flexibility index (Phi) is 2.89. The number of carbonyl (C=O) groups is 2. The highest BCUT2D eigenvalue weighted by atomic mass is 32.1. The van der Waals surface area contributed by atoms with Crippen LogP contribution in [0.4, 0.5) is 0 Å². The van der Waals surface area contributed by atoms with E-state index in [-0.39, 0.29) is 23.7 Å². The summed E-state index contributed by atoms with van der Waals surface area (Å²) in [5.74, 6) is -0.379. The smallest absolute Gasteiger partial charge is 0.233 e. The van der Waals surface area contributed by atoms with Gasteiger partial charge in [0.1, 0.15) is 5.01 Å². The molecule has 0 radical (unpaired) electrons. The van der Waals surface area contributed by atoms with Crippen molar-refractivity contribution in [2.75, 3.05) is 0 Å². The van der Waals surface area contributed by atoms with Crippen LogP contribution in [-0.4, -0.2) is 21.7 Å². The van der Waals surface area contributed by atoms with E-state index in [1.54, 1.807) is 11.3 Å². The zero-order chi connectivity index (χ0) is 14.4. The second-order valence-corrected chi connectivity index (χ2v) is 6.61. The first-order valence-corrected chi connectivity index (χ1v) is 7.90. The molecule has 1 aromatic carbocycles. The topological polar surface area (TPSA) is 50.3 Å². The number of aromatic nitrogens is 1. The van der Waals surface area contributed by atoms with E-state index < -0.39 is 0 Å². The van der Waals surface area contributed by atoms with E-state index >= 15 is 0 Å². The molecular weight excluding hydrogens is 284 g/mol. The monoisotopic (exact) mass is 298 g/mol. The average molecular weight is 298 g/mol. The normalized spacial score (nSPS) is 24.9. The molecule has 0 spiro atoms. The third-order valence-electron chi connectivity index (χ3n) is 4.23. The maximum absolute atomic E-state index is 12.4. The number of benzene rings is 1. The van der Waals surface area contributed by atoms with E-state index in [0.29, 0.717) is 19.4 Å². The first-order valence-electron chi connectivity index (χ1n) is 7.09. The fraction of sp³-hybridized carbons (Fsp3) is 0.312. The van der Waals surface area contributed by atoms with Crippen LogP contribution in [0.5, 0.6) is 0 Å². The molecule has 1 saturated heterocycles. The van der Waals surface area contributed by atoms with Crippen molar-refractivity contribution < 1.29 is 9.59 Å². The predicted octanol–water partition coefficient (Wildman–Crippen LogP) is 2.75. The van der Waals surface area contributed by atoms with E-state index in [1.807, 2.05) is 36.4 Å². The Labute approximate surface area is 126 Å². The summed E-state index contributed by atoms with van der Waals surface area (Å²) in [6.45, 7) is 0.310. The maximum Gasteiger partial charge on any atom is 0.233 e. The van der Waals surface area contributed by atoms with Gasteiger partial charge in [0.05, 0.1) is 28.6 Å². The number of rotatable bonds is 2. The van der Waals surface area contributed by atoms with Gasteiger partial charge in [-0.05, 0) is 25.0 Å². The average Bonchev–Trinajstić information content (AvgIpc) is 3.02. The van der Waals surface area contributed by atoms with Gasteiger partial charge in [-0.15, -0.1) is 11.3 Å². The number of likely N-dealkylation sites (tertiary alicyclic amines) is 1. The van der Waals surface area contributed by atoms with Crippen LogP contribution in [0.25, 0.3) is 10.2 Å². The van der Waals surface area contributed by atoms with Gasteiger partial charge in [-0.25, -0.2) is 4.98 Å². The number of hydrogen-bond donors (Lipinski definition) is 0. The maximum atomic E-state index is 12.4. The van der Waals surface area contributed by atoms with Gasteiger partial charge in [0, 0.05) is 0 Å². The second kappa shape index (κ2) is 4.77. The van der Waals surface area contributed by atoms with Crippen LogP contribution in [0.2, 0.25) is 0 Å². The van der Waals surface area contributed by atoms with E-state index in [1.165, 1.54) is 4.90 Å². The Morgan fingerprint density at radius 1 is 1.10 bits per heavy atom. The van der Waals surface area contributed by atoms with Gasteiger partial charge in [-0.2, -0.15) is 0 Å². The molecule has 1 fully saturated rings. The molecule has 1 aliphatic carbocycles. The second-order valence-electron chi connectivity index (χ2n) is 5.49. The third kappa shape index (κ3) is 2.00. The number of fused-ring (bicyclic) bond motifs is 2. The Morgan fingerprint density at radius 3 is 2.43 bits per heavy atom. The van der Waals surface area contributed by atoms with Gasteiger partial charge in [-0.3, -0.25) is 14.5 Å². The van der Waals surface area contributed by atoms with Crippen LogP contribution in [0.15, 0.2) is 36.4 Å². The predicted molar refractivity (Wildman–Crippen MR) is 80.5 cm³/mol. The Bertz CT molecular complexity index is 705. The number of amides is 2. The standard InChI is InChI=1S/C16H14N2O2S/c19-15-10-5-1-2-6-11(10)16(20)18(15)9-14-17-12-7-3-4-8-13(12)21-14/h1-4,7-8,10-11H,5-6,9H2/t10-,11-/m0/s1. The van der Waals surface area contributed by atoms with Crippen molar-refractivity contribution in [3.05, 3.63) is 41.4 Å². The van der Waals surface area contributed by atoms with Gasteiger partial charge in [0.15, 0.2) is 0 Å². The van der Waals surface area contributed by atoms with Crippen molar-refractivity contribution in [2.45, 2.75) is 19.4 Å². The zero-order valence-electron chi connectivity index (χ0n) is 11.4. The molecule has 0 bridgehead atoms. The van der Waals surface area contributed by atoms with Crippen molar-refractivity contribution in [1.82, 2.24) is 9.88 Å². The fourth-order valence-corrected chi connectivity index (χ4v) is 4.10. The summed E-state index contributed by atoms with van der Waals surface area (Å²) in [6.07, 6.45) is 5.39. The number of para-hydroxylation sites is 1. The minimum atomic E-state index is -0.156. The summed E-state index contributed by atoms with van der Waals surface area (Å²) in [7, 11) is 0. The first-order chi connectivity index (χ1) is 10.2. The van der Waals surface area contributed by atoms with Gasteiger partial charge in [-0.1, -0.05) is 24.3 Å². The summed E-state index contributed by atoms with van der Waals surface area (Å²) in [4.78, 5) is 30.8. The van der Waals surface area contributed by atoms with Crippen molar-refractivity contribution >= 4 is 33.4 Å². The molecule has 4 rings (SSSR count). The lowest BCUT2D eigenvalue weighted by Gasteiger charge is -2.14. The van der Waals surface area contributed by atoms with E-state index in [9.17, 15) is 9.59 Å². The molecule has 2 heterocycles. The molecule has 2 amide bonds. The van der Waals surface area contributed by atoms with Crippen LogP contribution in [0.1, 0.15) is 17.8 Å². The number of carbonyl (C=O) groups excluding carboxylic acids is 2. The lowest BCUT2D eigenvalue weighted by molar-refractivity contribution is -0.140. The van der Waals surface area contributed by atoms with Crippen molar-refractivity contribution in [2.24, 2.45) is 11.8 Å². The summed E-state index contributed by atoms with van der Waals surface area (Å²) in [5.41, 5.74) is 0.927. The molecule has 2 atom stereocenters. The summed E-state index contributed by atoms with van der Waals surface area (Å²) in [6, 6.07) is 7.87. The molecule has 1 aliphatic heterocycles. The first kappa shape index (κ1) is 12.7. The molecule has 0 saturated carbocycles. The molecule has 106 valence electrons. The quantitative estimate of drug-likeness (QED) is 0.633. The van der Waals surface area contributed by atoms with E-state index in [0.717, 1.165) is 15.2 Å². The molecule has 0 unspecified atom stereocenters. The molecular formula is C16H14N2O2S. The largest absolute Gasteiger partial charge is 0.275 e. The summed E-state index contributed by atoms with van der Waals surface area (Å²) >= 11 is 1.55. The van der Waals surface area contributed by atoms with E-state index in [2.05, 4.69) is 4.98 Å². The van der Waals surface area contributed by atoms with Crippen LogP contribution in [-0.2, 0) is 16.1 Å². The number of imide groups is 1. The highest BCUT2D eigenvalue weighted by Gasteiger charge is 2.47. The molecule has 2 aromatic rings. The highest BCUT2D eigenvalue weighted by Crippen LogP contribution is 2.36. The molecule has 1 aromatic heterocycles. The summed E-state index contributed by atoms with van der Waals surface area (Å²) < 4.78 is 1.09. The Hall–Kier alpha value is -2.01. The van der Waals surface area contributed by atoms with Crippen LogP contribution in [0.3, 0.4) is 0 Å². The van der Waals surface area contributed by atoms with Gasteiger partial charge in [0.25, 0.3) is 0 Å². The number of hydrogen-bond acceptors (Lipinski definition) is 4.